The lowest BCUT2D eigenvalue weighted by Gasteiger charge is -2.27. The summed E-state index contributed by atoms with van der Waals surface area (Å²) in [6, 6.07) is 11.3. The molecule has 1 amide bonds. The van der Waals surface area contributed by atoms with Gasteiger partial charge in [0, 0.05) is 29.3 Å². The van der Waals surface area contributed by atoms with Crippen molar-refractivity contribution in [3.05, 3.63) is 65.1 Å². The Morgan fingerprint density at radius 1 is 1.14 bits per heavy atom. The summed E-state index contributed by atoms with van der Waals surface area (Å²) in [5.41, 5.74) is 3.46. The SMILES string of the molecule is CCCN1C(=O)c2[nH]nc(-c3ccc(F)cc3)c2[C@@H]1c1ccc(OC)cc1OC. The first-order valence-electron chi connectivity index (χ1n) is 9.46. The molecule has 0 spiro atoms. The van der Waals surface area contributed by atoms with E-state index in [1.807, 2.05) is 24.0 Å². The van der Waals surface area contributed by atoms with E-state index in [0.29, 0.717) is 29.4 Å². The van der Waals surface area contributed by atoms with Crippen molar-refractivity contribution in [1.29, 1.82) is 0 Å². The lowest BCUT2D eigenvalue weighted by atomic mass is 9.95. The highest BCUT2D eigenvalue weighted by Gasteiger charge is 2.42. The number of nitrogens with zero attached hydrogens (tertiary/aromatic N) is 2. The molecular formula is C22H22FN3O3. The van der Waals surface area contributed by atoms with Crippen LogP contribution in [0.3, 0.4) is 0 Å². The van der Waals surface area contributed by atoms with Gasteiger partial charge in [0.15, 0.2) is 0 Å². The molecule has 7 heteroatoms. The van der Waals surface area contributed by atoms with E-state index in [1.54, 1.807) is 32.4 Å². The van der Waals surface area contributed by atoms with E-state index in [1.165, 1.54) is 12.1 Å². The van der Waals surface area contributed by atoms with Gasteiger partial charge < -0.3 is 14.4 Å². The zero-order valence-electron chi connectivity index (χ0n) is 16.5. The summed E-state index contributed by atoms with van der Waals surface area (Å²) < 4.78 is 24.4. The van der Waals surface area contributed by atoms with Crippen LogP contribution in [-0.4, -0.2) is 41.8 Å². The molecule has 0 fully saturated rings. The second-order valence-electron chi connectivity index (χ2n) is 6.88. The predicted octanol–water partition coefficient (Wildman–Crippen LogP) is 4.19. The number of fused-ring (bicyclic) bond motifs is 1. The van der Waals surface area contributed by atoms with E-state index in [9.17, 15) is 9.18 Å². The minimum absolute atomic E-state index is 0.106. The zero-order valence-corrected chi connectivity index (χ0v) is 16.5. The van der Waals surface area contributed by atoms with Gasteiger partial charge in [-0.1, -0.05) is 6.92 Å². The maximum Gasteiger partial charge on any atom is 0.273 e. The largest absolute Gasteiger partial charge is 0.497 e. The Hall–Kier alpha value is -3.35. The lowest BCUT2D eigenvalue weighted by molar-refractivity contribution is 0.0742. The monoisotopic (exact) mass is 395 g/mol. The third kappa shape index (κ3) is 3.12. The number of amides is 1. The van der Waals surface area contributed by atoms with E-state index < -0.39 is 0 Å². The molecule has 6 nitrogen and oxygen atoms in total. The van der Waals surface area contributed by atoms with Crippen LogP contribution in [0, 0.1) is 5.82 Å². The van der Waals surface area contributed by atoms with E-state index in [-0.39, 0.29) is 17.8 Å². The van der Waals surface area contributed by atoms with Crippen molar-refractivity contribution in [2.24, 2.45) is 0 Å². The number of halogens is 1. The first-order valence-corrected chi connectivity index (χ1v) is 9.46. The van der Waals surface area contributed by atoms with Crippen molar-refractivity contribution in [3.63, 3.8) is 0 Å². The van der Waals surface area contributed by atoms with Crippen LogP contribution in [0.15, 0.2) is 42.5 Å². The van der Waals surface area contributed by atoms with Crippen LogP contribution in [0.2, 0.25) is 0 Å². The molecule has 2 aromatic carbocycles. The molecule has 0 saturated carbocycles. The van der Waals surface area contributed by atoms with Crippen LogP contribution >= 0.6 is 0 Å². The summed E-state index contributed by atoms with van der Waals surface area (Å²) >= 11 is 0. The van der Waals surface area contributed by atoms with Gasteiger partial charge in [0.25, 0.3) is 5.91 Å². The Bertz CT molecular complexity index is 1050. The number of carbonyl (C=O) groups excluding carboxylic acids is 1. The van der Waals surface area contributed by atoms with Crippen LogP contribution in [0.25, 0.3) is 11.3 Å². The predicted molar refractivity (Wildman–Crippen MR) is 107 cm³/mol. The molecule has 1 atom stereocenters. The van der Waals surface area contributed by atoms with Crippen molar-refractivity contribution >= 4 is 5.91 Å². The number of carbonyl (C=O) groups is 1. The van der Waals surface area contributed by atoms with Crippen LogP contribution in [0.1, 0.15) is 41.0 Å². The summed E-state index contributed by atoms with van der Waals surface area (Å²) in [6.45, 7) is 2.62. The van der Waals surface area contributed by atoms with Crippen molar-refractivity contribution in [1.82, 2.24) is 15.1 Å². The van der Waals surface area contributed by atoms with Gasteiger partial charge in [0.05, 0.1) is 26.0 Å². The normalized spacial score (nSPS) is 15.5. The van der Waals surface area contributed by atoms with Crippen LogP contribution in [0.4, 0.5) is 4.39 Å². The Morgan fingerprint density at radius 2 is 1.90 bits per heavy atom. The number of aromatic nitrogens is 2. The Labute approximate surface area is 168 Å². The standard InChI is InChI=1S/C22H22FN3O3/c1-4-11-26-21(16-10-9-15(28-2)12-17(16)29-3)18-19(24-25-20(18)22(26)27)13-5-7-14(23)8-6-13/h5-10,12,21H,4,11H2,1-3H3,(H,24,25)/t21-/m0/s1. The van der Waals surface area contributed by atoms with E-state index >= 15 is 0 Å². The number of nitrogens with one attached hydrogen (secondary N) is 1. The number of benzene rings is 2. The van der Waals surface area contributed by atoms with Crippen LogP contribution in [-0.2, 0) is 0 Å². The first-order chi connectivity index (χ1) is 14.1. The molecule has 3 aromatic rings. The highest BCUT2D eigenvalue weighted by Crippen LogP contribution is 2.46. The molecular weight excluding hydrogens is 373 g/mol. The lowest BCUT2D eigenvalue weighted by Crippen LogP contribution is -2.30. The molecule has 1 aliphatic rings. The van der Waals surface area contributed by atoms with Crippen molar-refractivity contribution in [2.75, 3.05) is 20.8 Å². The number of aromatic amines is 1. The average Bonchev–Trinajstić information content (AvgIpc) is 3.28. The first kappa shape index (κ1) is 19.0. The summed E-state index contributed by atoms with van der Waals surface area (Å²) in [5, 5.41) is 7.28. The Kier molecular flexibility index (Phi) is 4.96. The highest BCUT2D eigenvalue weighted by atomic mass is 19.1. The highest BCUT2D eigenvalue weighted by molar-refractivity contribution is 6.00. The summed E-state index contributed by atoms with van der Waals surface area (Å²) in [7, 11) is 3.19. The quantitative estimate of drug-likeness (QED) is 0.680. The molecule has 0 unspecified atom stereocenters. The fourth-order valence-electron chi connectivity index (χ4n) is 3.86. The van der Waals surface area contributed by atoms with Crippen molar-refractivity contribution < 1.29 is 18.7 Å². The fraction of sp³-hybridized carbons (Fsp3) is 0.273. The smallest absolute Gasteiger partial charge is 0.273 e. The molecule has 1 N–H and O–H groups in total. The van der Waals surface area contributed by atoms with Gasteiger partial charge in [0.2, 0.25) is 0 Å². The summed E-state index contributed by atoms with van der Waals surface area (Å²) in [6.07, 6.45) is 0.810. The third-order valence-electron chi connectivity index (χ3n) is 5.18. The van der Waals surface area contributed by atoms with E-state index in [4.69, 9.17) is 9.47 Å². The Balaban J connectivity index is 1.91. The van der Waals surface area contributed by atoms with E-state index in [2.05, 4.69) is 10.2 Å². The molecule has 0 radical (unpaired) electrons. The number of rotatable bonds is 6. The maximum absolute atomic E-state index is 13.4. The molecule has 1 aromatic heterocycles. The minimum atomic E-state index is -0.364. The summed E-state index contributed by atoms with van der Waals surface area (Å²) in [4.78, 5) is 14.9. The second kappa shape index (κ2) is 7.58. The molecule has 2 heterocycles. The molecule has 150 valence electrons. The second-order valence-corrected chi connectivity index (χ2v) is 6.88. The average molecular weight is 395 g/mol. The molecule has 0 saturated heterocycles. The number of hydrogen-bond acceptors (Lipinski definition) is 4. The minimum Gasteiger partial charge on any atom is -0.497 e. The molecule has 4 rings (SSSR count). The number of methoxy groups -OCH3 is 2. The zero-order chi connectivity index (χ0) is 20.5. The summed E-state index contributed by atoms with van der Waals surface area (Å²) in [5.74, 6) is 0.870. The number of ether oxygens (including phenoxy) is 2. The van der Waals surface area contributed by atoms with Gasteiger partial charge >= 0.3 is 0 Å². The van der Waals surface area contributed by atoms with Gasteiger partial charge in [-0.25, -0.2) is 4.39 Å². The van der Waals surface area contributed by atoms with Gasteiger partial charge in [0.1, 0.15) is 23.0 Å². The third-order valence-corrected chi connectivity index (χ3v) is 5.18. The fourth-order valence-corrected chi connectivity index (χ4v) is 3.86. The molecule has 0 bridgehead atoms. The van der Waals surface area contributed by atoms with E-state index in [0.717, 1.165) is 23.1 Å². The van der Waals surface area contributed by atoms with Crippen molar-refractivity contribution in [2.45, 2.75) is 19.4 Å². The van der Waals surface area contributed by atoms with Gasteiger partial charge in [-0.2, -0.15) is 5.10 Å². The molecule has 0 aliphatic carbocycles. The van der Waals surface area contributed by atoms with Gasteiger partial charge in [-0.05, 0) is 42.8 Å². The van der Waals surface area contributed by atoms with Gasteiger partial charge in [-0.3, -0.25) is 9.89 Å². The van der Waals surface area contributed by atoms with Crippen molar-refractivity contribution in [3.8, 4) is 22.8 Å². The van der Waals surface area contributed by atoms with Gasteiger partial charge in [-0.15, -0.1) is 0 Å². The molecule has 1 aliphatic heterocycles. The number of H-pyrrole nitrogens is 1. The van der Waals surface area contributed by atoms with Crippen LogP contribution < -0.4 is 9.47 Å². The Morgan fingerprint density at radius 3 is 2.55 bits per heavy atom. The van der Waals surface area contributed by atoms with Crippen LogP contribution in [0.5, 0.6) is 11.5 Å². The maximum atomic E-state index is 13.4. The topological polar surface area (TPSA) is 67.5 Å². The number of hydrogen-bond donors (Lipinski definition) is 1. The molecule has 29 heavy (non-hydrogen) atoms.